The fraction of sp³-hybridized carbons (Fsp3) is 0.733. The average Bonchev–Trinajstić information content (AvgIpc) is 3.00. The highest BCUT2D eigenvalue weighted by molar-refractivity contribution is 5.80. The number of hydrogen-bond acceptors (Lipinski definition) is 3. The van der Waals surface area contributed by atoms with E-state index in [2.05, 4.69) is 48.5 Å². The van der Waals surface area contributed by atoms with E-state index in [4.69, 9.17) is 4.52 Å². The summed E-state index contributed by atoms with van der Waals surface area (Å²) in [5, 5.41) is 10.9. The summed E-state index contributed by atoms with van der Waals surface area (Å²) in [5.74, 6) is 2.61. The van der Waals surface area contributed by atoms with E-state index in [9.17, 15) is 0 Å². The highest BCUT2D eigenvalue weighted by Gasteiger charge is 2.33. The third kappa shape index (κ3) is 3.52. The molecular formula is C15H26N4O. The molecule has 1 fully saturated rings. The summed E-state index contributed by atoms with van der Waals surface area (Å²) in [5.41, 5.74) is 2.18. The van der Waals surface area contributed by atoms with Gasteiger partial charge in [0.1, 0.15) is 5.76 Å². The van der Waals surface area contributed by atoms with Crippen molar-refractivity contribution >= 4 is 5.96 Å². The van der Waals surface area contributed by atoms with E-state index in [1.807, 2.05) is 0 Å². The number of aromatic nitrogens is 1. The Morgan fingerprint density at radius 1 is 1.35 bits per heavy atom. The summed E-state index contributed by atoms with van der Waals surface area (Å²) in [6, 6.07) is 0.576. The summed E-state index contributed by atoms with van der Waals surface area (Å²) in [7, 11) is 0. The molecule has 112 valence electrons. The fourth-order valence-electron chi connectivity index (χ4n) is 2.29. The molecule has 2 N–H and O–H groups in total. The van der Waals surface area contributed by atoms with E-state index in [0.717, 1.165) is 48.3 Å². The monoisotopic (exact) mass is 278 g/mol. The van der Waals surface area contributed by atoms with Crippen molar-refractivity contribution in [3.05, 3.63) is 17.0 Å². The molecule has 5 heteroatoms. The molecule has 0 aromatic carbocycles. The zero-order valence-corrected chi connectivity index (χ0v) is 13.0. The number of aryl methyl sites for hydroxylation is 2. The Morgan fingerprint density at radius 2 is 2.10 bits per heavy atom. The Hall–Kier alpha value is -1.52. The molecule has 2 rings (SSSR count). The van der Waals surface area contributed by atoms with Gasteiger partial charge in [-0.15, -0.1) is 0 Å². The van der Waals surface area contributed by atoms with E-state index in [1.165, 1.54) is 6.42 Å². The average molecular weight is 278 g/mol. The van der Waals surface area contributed by atoms with E-state index in [0.29, 0.717) is 12.6 Å². The van der Waals surface area contributed by atoms with Crippen LogP contribution in [0.1, 0.15) is 51.1 Å². The van der Waals surface area contributed by atoms with Crippen LogP contribution in [0.5, 0.6) is 0 Å². The number of hydrogen-bond donors (Lipinski definition) is 2. The molecule has 1 heterocycles. The van der Waals surface area contributed by atoms with Crippen molar-refractivity contribution in [1.29, 1.82) is 0 Å². The Balaban J connectivity index is 2.05. The smallest absolute Gasteiger partial charge is 0.191 e. The van der Waals surface area contributed by atoms with Gasteiger partial charge < -0.3 is 15.2 Å². The second kappa shape index (κ2) is 6.77. The number of aliphatic imine (C=N–C) groups is 1. The zero-order chi connectivity index (χ0) is 14.5. The molecule has 0 saturated heterocycles. The minimum absolute atomic E-state index is 0.576. The fourth-order valence-corrected chi connectivity index (χ4v) is 2.29. The summed E-state index contributed by atoms with van der Waals surface area (Å²) >= 11 is 0. The highest BCUT2D eigenvalue weighted by Crippen LogP contribution is 2.28. The first-order chi connectivity index (χ1) is 9.69. The van der Waals surface area contributed by atoms with Gasteiger partial charge >= 0.3 is 0 Å². The van der Waals surface area contributed by atoms with Crippen LogP contribution in [-0.4, -0.2) is 23.7 Å². The summed E-state index contributed by atoms with van der Waals surface area (Å²) in [4.78, 5) is 4.68. The molecular weight excluding hydrogens is 252 g/mol. The third-order valence-electron chi connectivity index (χ3n) is 3.78. The summed E-state index contributed by atoms with van der Waals surface area (Å²) in [6.07, 6.45) is 2.98. The topological polar surface area (TPSA) is 62.5 Å². The lowest BCUT2D eigenvalue weighted by Gasteiger charge is -2.10. The molecule has 0 radical (unpaired) electrons. The van der Waals surface area contributed by atoms with Crippen LogP contribution in [-0.2, 0) is 19.4 Å². The minimum atomic E-state index is 0.576. The molecule has 5 nitrogen and oxygen atoms in total. The normalized spacial score (nSPS) is 21.9. The van der Waals surface area contributed by atoms with Crippen LogP contribution in [0.3, 0.4) is 0 Å². The van der Waals surface area contributed by atoms with Crippen LogP contribution >= 0.6 is 0 Å². The predicted molar refractivity (Wildman–Crippen MR) is 80.8 cm³/mol. The van der Waals surface area contributed by atoms with E-state index < -0.39 is 0 Å². The van der Waals surface area contributed by atoms with Gasteiger partial charge in [-0.1, -0.05) is 25.9 Å². The molecule has 0 spiro atoms. The molecule has 1 saturated carbocycles. The molecule has 2 atom stereocenters. The lowest BCUT2D eigenvalue weighted by Crippen LogP contribution is -2.39. The lowest BCUT2D eigenvalue weighted by molar-refractivity contribution is 0.380. The summed E-state index contributed by atoms with van der Waals surface area (Å²) in [6.45, 7) is 10.0. The molecule has 0 amide bonds. The number of nitrogens with one attached hydrogen (secondary N) is 2. The van der Waals surface area contributed by atoms with E-state index in [-0.39, 0.29) is 0 Å². The van der Waals surface area contributed by atoms with E-state index in [1.54, 1.807) is 0 Å². The van der Waals surface area contributed by atoms with Crippen molar-refractivity contribution in [3.63, 3.8) is 0 Å². The van der Waals surface area contributed by atoms with Crippen molar-refractivity contribution in [2.75, 3.05) is 6.54 Å². The SMILES string of the molecule is CCNC(=NCc1c(CC)noc1CC)NC1CC1C. The van der Waals surface area contributed by atoms with Gasteiger partial charge in [0.25, 0.3) is 0 Å². The van der Waals surface area contributed by atoms with Gasteiger partial charge in [0, 0.05) is 24.6 Å². The van der Waals surface area contributed by atoms with Crippen LogP contribution < -0.4 is 10.6 Å². The maximum absolute atomic E-state index is 5.38. The number of guanidine groups is 1. The highest BCUT2D eigenvalue weighted by atomic mass is 16.5. The lowest BCUT2D eigenvalue weighted by atomic mass is 10.1. The molecule has 1 aromatic rings. The first kappa shape index (κ1) is 14.9. The Morgan fingerprint density at radius 3 is 2.65 bits per heavy atom. The van der Waals surface area contributed by atoms with Crippen LogP contribution in [0.15, 0.2) is 9.52 Å². The van der Waals surface area contributed by atoms with Gasteiger partial charge in [0.05, 0.1) is 12.2 Å². The van der Waals surface area contributed by atoms with Crippen LogP contribution in [0.25, 0.3) is 0 Å². The van der Waals surface area contributed by atoms with Crippen molar-refractivity contribution in [3.8, 4) is 0 Å². The van der Waals surface area contributed by atoms with Gasteiger partial charge in [-0.25, -0.2) is 4.99 Å². The van der Waals surface area contributed by atoms with Gasteiger partial charge in [0.2, 0.25) is 0 Å². The minimum Gasteiger partial charge on any atom is -0.361 e. The largest absolute Gasteiger partial charge is 0.361 e. The predicted octanol–water partition coefficient (Wildman–Crippen LogP) is 2.26. The van der Waals surface area contributed by atoms with Crippen LogP contribution in [0, 0.1) is 5.92 Å². The van der Waals surface area contributed by atoms with Gasteiger partial charge in [-0.05, 0) is 25.7 Å². The second-order valence-corrected chi connectivity index (χ2v) is 5.40. The molecule has 0 bridgehead atoms. The first-order valence-corrected chi connectivity index (χ1v) is 7.70. The van der Waals surface area contributed by atoms with Gasteiger partial charge in [-0.2, -0.15) is 0 Å². The Kier molecular flexibility index (Phi) is 5.04. The Bertz CT molecular complexity index is 445. The quantitative estimate of drug-likeness (QED) is 0.619. The number of rotatable bonds is 6. The molecule has 1 aromatic heterocycles. The summed E-state index contributed by atoms with van der Waals surface area (Å²) < 4.78 is 5.38. The maximum atomic E-state index is 5.38. The molecule has 20 heavy (non-hydrogen) atoms. The maximum Gasteiger partial charge on any atom is 0.191 e. The number of nitrogens with zero attached hydrogens (tertiary/aromatic N) is 2. The second-order valence-electron chi connectivity index (χ2n) is 5.40. The van der Waals surface area contributed by atoms with Gasteiger partial charge in [0.15, 0.2) is 5.96 Å². The van der Waals surface area contributed by atoms with Crippen molar-refractivity contribution in [2.24, 2.45) is 10.9 Å². The van der Waals surface area contributed by atoms with Crippen molar-refractivity contribution in [1.82, 2.24) is 15.8 Å². The van der Waals surface area contributed by atoms with E-state index >= 15 is 0 Å². The third-order valence-corrected chi connectivity index (χ3v) is 3.78. The first-order valence-electron chi connectivity index (χ1n) is 7.70. The molecule has 1 aliphatic carbocycles. The molecule has 2 unspecified atom stereocenters. The van der Waals surface area contributed by atoms with Crippen LogP contribution in [0.4, 0.5) is 0 Å². The molecule has 0 aliphatic heterocycles. The zero-order valence-electron chi connectivity index (χ0n) is 13.0. The molecule has 1 aliphatic rings. The Labute approximate surface area is 121 Å². The van der Waals surface area contributed by atoms with Crippen molar-refractivity contribution in [2.45, 2.75) is 59.5 Å². The van der Waals surface area contributed by atoms with Crippen LogP contribution in [0.2, 0.25) is 0 Å². The van der Waals surface area contributed by atoms with Gasteiger partial charge in [-0.3, -0.25) is 0 Å². The standard InChI is InChI=1S/C15H26N4O/c1-5-12-11(14(6-2)20-19-12)9-17-15(16-7-3)18-13-8-10(13)4/h10,13H,5-9H2,1-4H3,(H2,16,17,18). The van der Waals surface area contributed by atoms with Crippen molar-refractivity contribution < 1.29 is 4.52 Å².